The van der Waals surface area contributed by atoms with Gasteiger partial charge in [0, 0.05) is 5.92 Å². The van der Waals surface area contributed by atoms with Crippen LogP contribution in [0.1, 0.15) is 26.3 Å². The minimum absolute atomic E-state index is 0.174. The summed E-state index contributed by atoms with van der Waals surface area (Å²) in [6.07, 6.45) is 2.31. The maximum atomic E-state index is 14.5. The molecule has 0 fully saturated rings. The fourth-order valence-corrected chi connectivity index (χ4v) is 6.57. The molecule has 28 heavy (non-hydrogen) atoms. The minimum Gasteiger partial charge on any atom is -0.207 e. The van der Waals surface area contributed by atoms with Crippen LogP contribution in [-0.4, -0.2) is 0 Å². The van der Waals surface area contributed by atoms with Crippen molar-refractivity contribution in [2.45, 2.75) is 20.8 Å². The normalized spacial score (nSPS) is 16.6. The van der Waals surface area contributed by atoms with Crippen LogP contribution in [0.5, 0.6) is 0 Å². The third-order valence-electron chi connectivity index (χ3n) is 5.47. The monoisotopic (exact) mass is 386 g/mol. The van der Waals surface area contributed by atoms with E-state index in [1.165, 1.54) is 32.9 Å². The number of rotatable bonds is 4. The highest BCUT2D eigenvalue weighted by molar-refractivity contribution is 7.80. The topological polar surface area (TPSA) is 0 Å². The first-order chi connectivity index (χ1) is 13.6. The zero-order chi connectivity index (χ0) is 19.7. The van der Waals surface area contributed by atoms with Gasteiger partial charge in [-0.1, -0.05) is 85.3 Å². The number of benzene rings is 3. The fourth-order valence-electron chi connectivity index (χ4n) is 4.08. The molecule has 1 atom stereocenters. The predicted molar refractivity (Wildman–Crippen MR) is 121 cm³/mol. The first kappa shape index (κ1) is 18.8. The zero-order valence-electron chi connectivity index (χ0n) is 16.5. The third kappa shape index (κ3) is 3.48. The second kappa shape index (κ2) is 7.86. The second-order valence-corrected chi connectivity index (χ2v) is 9.53. The summed E-state index contributed by atoms with van der Waals surface area (Å²) in [7, 11) is -0.849. The molecule has 4 rings (SSSR count). The lowest BCUT2D eigenvalue weighted by Crippen LogP contribution is -2.24. The molecule has 0 aliphatic heterocycles. The summed E-state index contributed by atoms with van der Waals surface area (Å²) in [6.45, 7) is 6.58. The lowest BCUT2D eigenvalue weighted by molar-refractivity contribution is 0.629. The van der Waals surface area contributed by atoms with E-state index in [0.717, 1.165) is 5.30 Å². The van der Waals surface area contributed by atoms with E-state index in [0.29, 0.717) is 5.92 Å². The van der Waals surface area contributed by atoms with Crippen molar-refractivity contribution in [2.24, 2.45) is 5.92 Å². The van der Waals surface area contributed by atoms with Gasteiger partial charge in [0.15, 0.2) is 0 Å². The third-order valence-corrected chi connectivity index (χ3v) is 7.95. The van der Waals surface area contributed by atoms with Crippen LogP contribution in [-0.2, 0) is 0 Å². The molecule has 3 aromatic rings. The summed E-state index contributed by atoms with van der Waals surface area (Å²) < 4.78 is 14.5. The quantitative estimate of drug-likeness (QED) is 0.486. The van der Waals surface area contributed by atoms with Crippen LogP contribution in [0.3, 0.4) is 0 Å². The van der Waals surface area contributed by atoms with Crippen LogP contribution in [0.2, 0.25) is 0 Å². The van der Waals surface area contributed by atoms with Crippen molar-refractivity contribution in [3.8, 4) is 0 Å². The van der Waals surface area contributed by atoms with Gasteiger partial charge in [0.05, 0.1) is 0 Å². The first-order valence-corrected chi connectivity index (χ1v) is 11.0. The van der Waals surface area contributed by atoms with E-state index in [9.17, 15) is 4.39 Å². The number of hydrogen-bond acceptors (Lipinski definition) is 0. The van der Waals surface area contributed by atoms with Gasteiger partial charge in [-0.15, -0.1) is 0 Å². The molecular formula is C26H24FP. The average molecular weight is 386 g/mol. The van der Waals surface area contributed by atoms with Crippen molar-refractivity contribution in [1.82, 2.24) is 0 Å². The average Bonchev–Trinajstić information content (AvgIpc) is 2.96. The molecule has 0 saturated heterocycles. The molecule has 1 aliphatic rings. The fraction of sp³-hybridized carbons (Fsp3) is 0.154. The molecule has 1 aliphatic carbocycles. The second-order valence-electron chi connectivity index (χ2n) is 7.35. The Balaban J connectivity index is 1.97. The molecule has 0 N–H and O–H groups in total. The summed E-state index contributed by atoms with van der Waals surface area (Å²) in [6, 6.07) is 26.3. The Kier molecular flexibility index (Phi) is 5.29. The van der Waals surface area contributed by atoms with Crippen LogP contribution >= 0.6 is 7.92 Å². The number of allylic oxidation sites excluding steroid dienone is 4. The van der Waals surface area contributed by atoms with Gasteiger partial charge in [0.2, 0.25) is 0 Å². The standard InChI is InChI=1S/C26H24FP/c1-18-16-19(2)26(20(18)3)24-15-14-21(27)17-25(24)28(22-10-6-4-7-11-22)23-12-8-5-9-13-23/h4-17,19H,1-3H3. The molecule has 0 bridgehead atoms. The molecule has 3 aromatic carbocycles. The van der Waals surface area contributed by atoms with Gasteiger partial charge >= 0.3 is 0 Å². The van der Waals surface area contributed by atoms with Gasteiger partial charge in [-0.05, 0) is 66.5 Å². The highest BCUT2D eigenvalue weighted by Crippen LogP contribution is 2.42. The molecule has 140 valence electrons. The molecule has 0 heterocycles. The van der Waals surface area contributed by atoms with Crippen molar-refractivity contribution in [3.63, 3.8) is 0 Å². The Morgan fingerprint density at radius 2 is 1.36 bits per heavy atom. The molecule has 0 nitrogen and oxygen atoms in total. The molecule has 1 unspecified atom stereocenters. The van der Waals surface area contributed by atoms with Crippen molar-refractivity contribution in [1.29, 1.82) is 0 Å². The SMILES string of the molecule is CC1=CC(C)C(c2ccc(F)cc2P(c2ccccc2)c2ccccc2)=C1C. The molecule has 0 saturated carbocycles. The number of halogens is 1. The van der Waals surface area contributed by atoms with Crippen LogP contribution in [0.25, 0.3) is 5.57 Å². The van der Waals surface area contributed by atoms with Crippen molar-refractivity contribution < 1.29 is 4.39 Å². The van der Waals surface area contributed by atoms with E-state index in [2.05, 4.69) is 75.4 Å². The Bertz CT molecular complexity index is 1010. The Morgan fingerprint density at radius 1 is 0.786 bits per heavy atom. The Labute approximate surface area is 168 Å². The van der Waals surface area contributed by atoms with Crippen molar-refractivity contribution in [3.05, 3.63) is 107 Å². The molecule has 0 aromatic heterocycles. The van der Waals surface area contributed by atoms with E-state index in [-0.39, 0.29) is 5.82 Å². The molecule has 0 radical (unpaired) electrons. The molecule has 0 spiro atoms. The maximum absolute atomic E-state index is 14.5. The van der Waals surface area contributed by atoms with Gasteiger partial charge in [-0.2, -0.15) is 0 Å². The van der Waals surface area contributed by atoms with E-state index >= 15 is 0 Å². The summed E-state index contributed by atoms with van der Waals surface area (Å²) in [5.41, 5.74) is 5.14. The minimum atomic E-state index is -0.849. The van der Waals surface area contributed by atoms with Gasteiger partial charge in [-0.25, -0.2) is 4.39 Å². The van der Waals surface area contributed by atoms with E-state index in [4.69, 9.17) is 0 Å². The largest absolute Gasteiger partial charge is 0.207 e. The van der Waals surface area contributed by atoms with Crippen LogP contribution in [0.4, 0.5) is 4.39 Å². The van der Waals surface area contributed by atoms with E-state index < -0.39 is 7.92 Å². The molecule has 2 heteroatoms. The van der Waals surface area contributed by atoms with E-state index in [1.807, 2.05) is 18.2 Å². The van der Waals surface area contributed by atoms with E-state index in [1.54, 1.807) is 12.1 Å². The first-order valence-electron chi connectivity index (χ1n) is 9.66. The smallest absolute Gasteiger partial charge is 0.123 e. The van der Waals surface area contributed by atoms with Crippen molar-refractivity contribution >= 4 is 29.4 Å². The van der Waals surface area contributed by atoms with Gasteiger partial charge in [0.25, 0.3) is 0 Å². The Morgan fingerprint density at radius 3 is 1.86 bits per heavy atom. The summed E-state index contributed by atoms with van der Waals surface area (Å²) in [5.74, 6) is 0.166. The zero-order valence-corrected chi connectivity index (χ0v) is 17.4. The lowest BCUT2D eigenvalue weighted by atomic mass is 9.94. The van der Waals surface area contributed by atoms with Crippen LogP contribution in [0, 0.1) is 11.7 Å². The highest BCUT2D eigenvalue weighted by Gasteiger charge is 2.26. The van der Waals surface area contributed by atoms with Crippen LogP contribution in [0.15, 0.2) is 96.1 Å². The van der Waals surface area contributed by atoms with Crippen LogP contribution < -0.4 is 15.9 Å². The maximum Gasteiger partial charge on any atom is 0.123 e. The van der Waals surface area contributed by atoms with Gasteiger partial charge in [-0.3, -0.25) is 0 Å². The summed E-state index contributed by atoms with van der Waals surface area (Å²) in [4.78, 5) is 0. The van der Waals surface area contributed by atoms with Gasteiger partial charge < -0.3 is 0 Å². The number of hydrogen-bond donors (Lipinski definition) is 0. The molecule has 0 amide bonds. The van der Waals surface area contributed by atoms with Gasteiger partial charge in [0.1, 0.15) is 5.82 Å². The van der Waals surface area contributed by atoms with Crippen molar-refractivity contribution in [2.75, 3.05) is 0 Å². The molecular weight excluding hydrogens is 362 g/mol. The summed E-state index contributed by atoms with van der Waals surface area (Å²) in [5, 5.41) is 3.57. The highest BCUT2D eigenvalue weighted by atomic mass is 31.1. The predicted octanol–water partition coefficient (Wildman–Crippen LogP) is 5.95. The Hall–Kier alpha value is -2.50. The summed E-state index contributed by atoms with van der Waals surface area (Å²) >= 11 is 0. The lowest BCUT2D eigenvalue weighted by Gasteiger charge is -2.24.